The number of hydrogen-bond acceptors (Lipinski definition) is 4. The van der Waals surface area contributed by atoms with E-state index in [2.05, 4.69) is 21.3 Å². The van der Waals surface area contributed by atoms with Crippen LogP contribution in [0.3, 0.4) is 0 Å². The standard InChI is InChI=1S/C21H30N4O2.HI/c1-15(2)27-18-11-9-17(10-12-18)24-21(22)23-14-20(25(3)4)16-7-6-8-19(13-16)26-5;/h6-13,15,20H,14H2,1-5H3,(H3,22,23,24);1H. The number of guanidine groups is 1. The summed E-state index contributed by atoms with van der Waals surface area (Å²) in [5, 5.41) is 3.12. The lowest BCUT2D eigenvalue weighted by Crippen LogP contribution is -2.27. The summed E-state index contributed by atoms with van der Waals surface area (Å²) in [6.07, 6.45) is 0.148. The SMILES string of the molecule is COc1cccc(C(CN=C(N)Nc2ccc(OC(C)C)cc2)N(C)C)c1.I. The molecule has 2 aromatic carbocycles. The molecule has 0 spiro atoms. The second-order valence-electron chi connectivity index (χ2n) is 6.80. The van der Waals surface area contributed by atoms with Crippen LogP contribution in [0, 0.1) is 0 Å². The van der Waals surface area contributed by atoms with E-state index in [9.17, 15) is 0 Å². The predicted octanol–water partition coefficient (Wildman–Crippen LogP) is 4.13. The topological polar surface area (TPSA) is 72.1 Å². The van der Waals surface area contributed by atoms with Gasteiger partial charge < -0.3 is 25.4 Å². The molecule has 0 saturated heterocycles. The Hall–Kier alpha value is -2.00. The zero-order chi connectivity index (χ0) is 19.8. The minimum Gasteiger partial charge on any atom is -0.497 e. The highest BCUT2D eigenvalue weighted by Crippen LogP contribution is 2.23. The van der Waals surface area contributed by atoms with E-state index in [0.29, 0.717) is 12.5 Å². The van der Waals surface area contributed by atoms with E-state index in [0.717, 1.165) is 22.7 Å². The Morgan fingerprint density at radius 3 is 2.36 bits per heavy atom. The maximum atomic E-state index is 6.07. The Labute approximate surface area is 185 Å². The van der Waals surface area contributed by atoms with Crippen LogP contribution in [0.25, 0.3) is 0 Å². The second kappa shape index (κ2) is 11.8. The number of likely N-dealkylation sites (N-methyl/N-ethyl adjacent to an activating group) is 1. The summed E-state index contributed by atoms with van der Waals surface area (Å²) in [5.74, 6) is 2.04. The van der Waals surface area contributed by atoms with Gasteiger partial charge in [-0.15, -0.1) is 24.0 Å². The van der Waals surface area contributed by atoms with E-state index < -0.39 is 0 Å². The van der Waals surface area contributed by atoms with Crippen LogP contribution in [0.15, 0.2) is 53.5 Å². The number of methoxy groups -OCH3 is 1. The normalized spacial score (nSPS) is 12.5. The van der Waals surface area contributed by atoms with Crippen molar-refractivity contribution >= 4 is 35.6 Å². The highest BCUT2D eigenvalue weighted by molar-refractivity contribution is 14.0. The van der Waals surface area contributed by atoms with Crippen LogP contribution < -0.4 is 20.5 Å². The maximum Gasteiger partial charge on any atom is 0.193 e. The van der Waals surface area contributed by atoms with E-state index in [4.69, 9.17) is 15.2 Å². The van der Waals surface area contributed by atoms with Gasteiger partial charge in [0.05, 0.1) is 25.8 Å². The van der Waals surface area contributed by atoms with Crippen molar-refractivity contribution in [3.8, 4) is 11.5 Å². The molecule has 1 unspecified atom stereocenters. The summed E-state index contributed by atoms with van der Waals surface area (Å²) in [6, 6.07) is 15.8. The lowest BCUT2D eigenvalue weighted by atomic mass is 10.1. The molecule has 2 rings (SSSR count). The van der Waals surface area contributed by atoms with Crippen LogP contribution >= 0.6 is 24.0 Å². The van der Waals surface area contributed by atoms with Crippen LogP contribution in [0.4, 0.5) is 5.69 Å². The Morgan fingerprint density at radius 2 is 1.79 bits per heavy atom. The zero-order valence-electron chi connectivity index (χ0n) is 17.2. The molecule has 28 heavy (non-hydrogen) atoms. The number of nitrogens with zero attached hydrogens (tertiary/aromatic N) is 2. The number of benzene rings is 2. The Morgan fingerprint density at radius 1 is 1.11 bits per heavy atom. The third-order valence-corrected chi connectivity index (χ3v) is 4.03. The predicted molar refractivity (Wildman–Crippen MR) is 127 cm³/mol. The van der Waals surface area contributed by atoms with Crippen LogP contribution in [-0.4, -0.2) is 44.7 Å². The Balaban J connectivity index is 0.00000392. The van der Waals surface area contributed by atoms with E-state index in [-0.39, 0.29) is 36.1 Å². The molecular formula is C21H31IN4O2. The van der Waals surface area contributed by atoms with Gasteiger partial charge in [0.2, 0.25) is 0 Å². The number of hydrogen-bond donors (Lipinski definition) is 2. The van der Waals surface area contributed by atoms with Crippen molar-refractivity contribution in [2.45, 2.75) is 26.0 Å². The highest BCUT2D eigenvalue weighted by Gasteiger charge is 2.14. The van der Waals surface area contributed by atoms with Gasteiger partial charge in [0.15, 0.2) is 5.96 Å². The molecule has 0 aliphatic heterocycles. The summed E-state index contributed by atoms with van der Waals surface area (Å²) in [6.45, 7) is 4.54. The van der Waals surface area contributed by atoms with Crippen molar-refractivity contribution in [3.63, 3.8) is 0 Å². The first-order valence-electron chi connectivity index (χ1n) is 9.03. The largest absolute Gasteiger partial charge is 0.497 e. The zero-order valence-corrected chi connectivity index (χ0v) is 19.5. The number of nitrogens with two attached hydrogens (primary N) is 1. The van der Waals surface area contributed by atoms with Crippen molar-refractivity contribution in [1.82, 2.24) is 4.90 Å². The van der Waals surface area contributed by atoms with Gasteiger partial charge in [-0.1, -0.05) is 12.1 Å². The van der Waals surface area contributed by atoms with E-state index in [1.54, 1.807) is 7.11 Å². The van der Waals surface area contributed by atoms with Crippen molar-refractivity contribution < 1.29 is 9.47 Å². The molecule has 3 N–H and O–H groups in total. The number of nitrogens with one attached hydrogen (secondary N) is 1. The molecule has 1 atom stereocenters. The van der Waals surface area contributed by atoms with Crippen molar-refractivity contribution in [2.24, 2.45) is 10.7 Å². The van der Waals surface area contributed by atoms with Crippen molar-refractivity contribution in [1.29, 1.82) is 0 Å². The molecule has 0 bridgehead atoms. The number of rotatable bonds is 8. The monoisotopic (exact) mass is 498 g/mol. The summed E-state index contributed by atoms with van der Waals surface area (Å²) in [7, 11) is 5.72. The fourth-order valence-corrected chi connectivity index (χ4v) is 2.68. The number of halogens is 1. The van der Waals surface area contributed by atoms with Gasteiger partial charge in [-0.3, -0.25) is 4.99 Å². The van der Waals surface area contributed by atoms with Gasteiger partial charge in [-0.25, -0.2) is 0 Å². The lowest BCUT2D eigenvalue weighted by Gasteiger charge is -2.23. The minimum absolute atomic E-state index is 0. The smallest absolute Gasteiger partial charge is 0.193 e. The fourth-order valence-electron chi connectivity index (χ4n) is 2.68. The first-order chi connectivity index (χ1) is 12.9. The molecule has 0 saturated carbocycles. The highest BCUT2D eigenvalue weighted by atomic mass is 127. The Bertz CT molecular complexity index is 748. The van der Waals surface area contributed by atoms with Crippen molar-refractivity contribution in [2.75, 3.05) is 33.1 Å². The molecular weight excluding hydrogens is 467 g/mol. The summed E-state index contributed by atoms with van der Waals surface area (Å²) in [5.41, 5.74) is 8.07. The first-order valence-corrected chi connectivity index (χ1v) is 9.03. The molecule has 0 amide bonds. The van der Waals surface area contributed by atoms with E-state index >= 15 is 0 Å². The number of aliphatic imine (C=N–C) groups is 1. The quantitative estimate of drug-likeness (QED) is 0.326. The summed E-state index contributed by atoms with van der Waals surface area (Å²) in [4.78, 5) is 6.63. The molecule has 6 nitrogen and oxygen atoms in total. The average molecular weight is 498 g/mol. The van der Waals surface area contributed by atoms with Gasteiger partial charge in [-0.2, -0.15) is 0 Å². The average Bonchev–Trinajstić information content (AvgIpc) is 2.63. The summed E-state index contributed by atoms with van der Waals surface area (Å²) < 4.78 is 11.0. The maximum absolute atomic E-state index is 6.07. The molecule has 0 aliphatic rings. The van der Waals surface area contributed by atoms with Crippen LogP contribution in [-0.2, 0) is 0 Å². The van der Waals surface area contributed by atoms with Crippen LogP contribution in [0.1, 0.15) is 25.5 Å². The first kappa shape index (κ1) is 24.0. The lowest BCUT2D eigenvalue weighted by molar-refractivity contribution is 0.242. The minimum atomic E-state index is 0. The molecule has 7 heteroatoms. The molecule has 0 radical (unpaired) electrons. The fraction of sp³-hybridized carbons (Fsp3) is 0.381. The van der Waals surface area contributed by atoms with Crippen LogP contribution in [0.5, 0.6) is 11.5 Å². The third-order valence-electron chi connectivity index (χ3n) is 4.03. The molecule has 2 aromatic rings. The van der Waals surface area contributed by atoms with Gasteiger partial charge in [0, 0.05) is 5.69 Å². The third kappa shape index (κ3) is 7.55. The molecule has 0 fully saturated rings. The molecule has 0 heterocycles. The number of ether oxygens (including phenoxy) is 2. The number of anilines is 1. The van der Waals surface area contributed by atoms with Gasteiger partial charge in [0.1, 0.15) is 11.5 Å². The molecule has 154 valence electrons. The Kier molecular flexibility index (Phi) is 10.1. The second-order valence-corrected chi connectivity index (χ2v) is 6.80. The van der Waals surface area contributed by atoms with E-state index in [1.807, 2.05) is 70.4 Å². The summed E-state index contributed by atoms with van der Waals surface area (Å²) >= 11 is 0. The van der Waals surface area contributed by atoms with E-state index in [1.165, 1.54) is 0 Å². The van der Waals surface area contributed by atoms with Gasteiger partial charge in [0.25, 0.3) is 0 Å². The van der Waals surface area contributed by atoms with Crippen LogP contribution in [0.2, 0.25) is 0 Å². The molecule has 0 aromatic heterocycles. The van der Waals surface area contributed by atoms with Gasteiger partial charge in [-0.05, 0) is 69.9 Å². The van der Waals surface area contributed by atoms with Crippen molar-refractivity contribution in [3.05, 3.63) is 54.1 Å². The molecule has 0 aliphatic carbocycles. The van der Waals surface area contributed by atoms with Gasteiger partial charge >= 0.3 is 0 Å².